The molecule has 0 nitrogen and oxygen atoms in total. The zero-order valence-electron chi connectivity index (χ0n) is 23.2. The minimum absolute atomic E-state index is 0.124. The topological polar surface area (TPSA) is 0 Å². The Hall–Kier alpha value is -4.94. The van der Waals surface area contributed by atoms with Crippen molar-refractivity contribution in [3.8, 4) is 33.4 Å². The first kappa shape index (κ1) is 22.8. The van der Waals surface area contributed by atoms with Crippen LogP contribution in [0.2, 0.25) is 0 Å². The molecule has 0 amide bonds. The lowest BCUT2D eigenvalue weighted by molar-refractivity contribution is 0.666. The Balaban J connectivity index is 1.29. The molecule has 8 aromatic carbocycles. The highest BCUT2D eigenvalue weighted by Crippen LogP contribution is 2.55. The van der Waals surface area contributed by atoms with Crippen LogP contribution in [0, 0.1) is 0 Å². The molecule has 1 aliphatic carbocycles. The molecule has 0 aliphatic heterocycles. The molecule has 0 heteroatoms. The van der Waals surface area contributed by atoms with Gasteiger partial charge in [-0.3, -0.25) is 0 Å². The van der Waals surface area contributed by atoms with E-state index in [9.17, 15) is 0 Å². The molecule has 0 fully saturated rings. The number of fused-ring (bicyclic) bond motifs is 5. The van der Waals surface area contributed by atoms with Crippen LogP contribution in [-0.4, -0.2) is 0 Å². The molecule has 0 aromatic heterocycles. The van der Waals surface area contributed by atoms with Gasteiger partial charge in [-0.1, -0.05) is 123 Å². The first-order chi connectivity index (χ1) is 20.1. The molecule has 192 valence electrons. The third-order valence-corrected chi connectivity index (χ3v) is 9.52. The Morgan fingerprint density at radius 1 is 0.415 bits per heavy atom. The van der Waals surface area contributed by atoms with Gasteiger partial charge in [0, 0.05) is 5.41 Å². The van der Waals surface area contributed by atoms with Crippen LogP contribution in [0.15, 0.2) is 133 Å². The van der Waals surface area contributed by atoms with Gasteiger partial charge in [-0.25, -0.2) is 0 Å². The molecule has 0 radical (unpaired) electrons. The maximum atomic E-state index is 2.46. The highest BCUT2D eigenvalue weighted by molar-refractivity contribution is 6.23. The van der Waals surface area contributed by atoms with Gasteiger partial charge in [0.25, 0.3) is 0 Å². The zero-order chi connectivity index (χ0) is 27.3. The normalized spacial score (nSPS) is 13.8. The summed E-state index contributed by atoms with van der Waals surface area (Å²) in [4.78, 5) is 0. The van der Waals surface area contributed by atoms with E-state index in [0.29, 0.717) is 0 Å². The number of benzene rings is 8. The molecule has 41 heavy (non-hydrogen) atoms. The summed E-state index contributed by atoms with van der Waals surface area (Å²) in [5, 5.41) is 10.6. The first-order valence-corrected chi connectivity index (χ1v) is 14.5. The summed E-state index contributed by atoms with van der Waals surface area (Å²) in [6.07, 6.45) is 0. The Labute approximate surface area is 239 Å². The van der Waals surface area contributed by atoms with Crippen LogP contribution in [0.3, 0.4) is 0 Å². The van der Waals surface area contributed by atoms with Crippen LogP contribution >= 0.6 is 0 Å². The fraction of sp³-hybridized carbons (Fsp3) is 0.0732. The number of hydrogen-bond donors (Lipinski definition) is 0. The molecule has 0 bridgehead atoms. The number of rotatable bonds is 2. The zero-order valence-corrected chi connectivity index (χ0v) is 23.2. The third kappa shape index (κ3) is 3.11. The van der Waals surface area contributed by atoms with Crippen molar-refractivity contribution in [1.29, 1.82) is 0 Å². The van der Waals surface area contributed by atoms with E-state index in [1.165, 1.54) is 87.6 Å². The molecule has 0 heterocycles. The molecule has 1 aliphatic rings. The van der Waals surface area contributed by atoms with E-state index in [1.807, 2.05) is 0 Å². The van der Waals surface area contributed by atoms with Crippen LogP contribution < -0.4 is 0 Å². The van der Waals surface area contributed by atoms with Crippen molar-refractivity contribution in [3.05, 3.63) is 145 Å². The van der Waals surface area contributed by atoms with Crippen LogP contribution in [-0.2, 0) is 5.41 Å². The predicted molar refractivity (Wildman–Crippen MR) is 176 cm³/mol. The average Bonchev–Trinajstić information content (AvgIpc) is 3.26. The lowest BCUT2D eigenvalue weighted by Gasteiger charge is -2.24. The molecule has 8 aromatic rings. The molecule has 0 unspecified atom stereocenters. The van der Waals surface area contributed by atoms with Crippen molar-refractivity contribution in [1.82, 2.24) is 0 Å². The molecule has 0 saturated carbocycles. The summed E-state index contributed by atoms with van der Waals surface area (Å²) < 4.78 is 0. The van der Waals surface area contributed by atoms with Crippen LogP contribution in [0.5, 0.6) is 0 Å². The van der Waals surface area contributed by atoms with Gasteiger partial charge in [-0.15, -0.1) is 0 Å². The molecule has 0 atom stereocenters. The van der Waals surface area contributed by atoms with Gasteiger partial charge < -0.3 is 0 Å². The van der Waals surface area contributed by atoms with E-state index in [0.717, 1.165) is 0 Å². The Morgan fingerprint density at radius 2 is 1.05 bits per heavy atom. The molecule has 0 N–H and O–H groups in total. The van der Waals surface area contributed by atoms with Crippen molar-refractivity contribution < 1.29 is 0 Å². The van der Waals surface area contributed by atoms with E-state index in [4.69, 9.17) is 0 Å². The van der Waals surface area contributed by atoms with E-state index < -0.39 is 0 Å². The van der Waals surface area contributed by atoms with Gasteiger partial charge in [-0.2, -0.15) is 0 Å². The molecular weight excluding hydrogens is 492 g/mol. The predicted octanol–water partition coefficient (Wildman–Crippen LogP) is 11.4. The monoisotopic (exact) mass is 520 g/mol. The van der Waals surface area contributed by atoms with Crippen LogP contribution in [0.1, 0.15) is 25.0 Å². The average molecular weight is 521 g/mol. The van der Waals surface area contributed by atoms with Crippen molar-refractivity contribution >= 4 is 43.1 Å². The molecule has 0 spiro atoms. The fourth-order valence-electron chi connectivity index (χ4n) is 7.64. The second kappa shape index (κ2) is 8.05. The van der Waals surface area contributed by atoms with Gasteiger partial charge in [0.05, 0.1) is 0 Å². The van der Waals surface area contributed by atoms with Crippen molar-refractivity contribution in [3.63, 3.8) is 0 Å². The van der Waals surface area contributed by atoms with Crippen molar-refractivity contribution in [2.24, 2.45) is 0 Å². The van der Waals surface area contributed by atoms with Crippen molar-refractivity contribution in [2.75, 3.05) is 0 Å². The summed E-state index contributed by atoms with van der Waals surface area (Å²) >= 11 is 0. The minimum Gasteiger partial charge on any atom is -0.0622 e. The van der Waals surface area contributed by atoms with Gasteiger partial charge in [0.1, 0.15) is 0 Å². The Bertz CT molecular complexity index is 2250. The standard InChI is InChI=1S/C41H28/c1-41(2)36-24-28(32-21-30-17-15-26-12-8-13-27-16-18-31(22-32)38(30)37(26)27)19-20-34(36)39-35(25-9-4-3-5-10-25)23-29-11-6-7-14-33(29)40(39)41/h3-24H,1-2H3. The molecular formula is C41H28. The van der Waals surface area contributed by atoms with Crippen LogP contribution in [0.4, 0.5) is 0 Å². The summed E-state index contributed by atoms with van der Waals surface area (Å²) in [5.74, 6) is 0. The van der Waals surface area contributed by atoms with Gasteiger partial charge >= 0.3 is 0 Å². The summed E-state index contributed by atoms with van der Waals surface area (Å²) in [5.41, 5.74) is 10.6. The summed E-state index contributed by atoms with van der Waals surface area (Å²) in [6.45, 7) is 4.81. The van der Waals surface area contributed by atoms with Crippen LogP contribution in [0.25, 0.3) is 76.5 Å². The largest absolute Gasteiger partial charge is 0.0622 e. The lowest BCUT2D eigenvalue weighted by atomic mass is 9.78. The van der Waals surface area contributed by atoms with E-state index in [1.54, 1.807) is 0 Å². The van der Waals surface area contributed by atoms with Crippen molar-refractivity contribution in [2.45, 2.75) is 19.3 Å². The summed E-state index contributed by atoms with van der Waals surface area (Å²) in [7, 11) is 0. The number of hydrogen-bond acceptors (Lipinski definition) is 0. The smallest absolute Gasteiger partial charge is 0.0165 e. The first-order valence-electron chi connectivity index (χ1n) is 14.5. The highest BCUT2D eigenvalue weighted by atomic mass is 14.4. The summed E-state index contributed by atoms with van der Waals surface area (Å²) in [6, 6.07) is 49.8. The van der Waals surface area contributed by atoms with Gasteiger partial charge in [0.15, 0.2) is 0 Å². The lowest BCUT2D eigenvalue weighted by Crippen LogP contribution is -2.15. The SMILES string of the molecule is CC1(C)c2cc(-c3cc4ccc5cccc6ccc(c3)c4c56)ccc2-c2c(-c3ccccc3)cc3ccccc3c21. The maximum absolute atomic E-state index is 2.46. The quantitative estimate of drug-likeness (QED) is 0.199. The van der Waals surface area contributed by atoms with E-state index in [-0.39, 0.29) is 5.41 Å². The van der Waals surface area contributed by atoms with E-state index in [2.05, 4.69) is 147 Å². The fourth-order valence-corrected chi connectivity index (χ4v) is 7.64. The second-order valence-electron chi connectivity index (χ2n) is 12.2. The molecule has 9 rings (SSSR count). The molecule has 0 saturated heterocycles. The second-order valence-corrected chi connectivity index (χ2v) is 12.2. The van der Waals surface area contributed by atoms with Gasteiger partial charge in [0.2, 0.25) is 0 Å². The highest BCUT2D eigenvalue weighted by Gasteiger charge is 2.38. The minimum atomic E-state index is -0.124. The Morgan fingerprint density at radius 3 is 1.80 bits per heavy atom. The third-order valence-electron chi connectivity index (χ3n) is 9.52. The Kier molecular flexibility index (Phi) is 4.49. The maximum Gasteiger partial charge on any atom is 0.0165 e. The van der Waals surface area contributed by atoms with Gasteiger partial charge in [-0.05, 0) is 112 Å². The van der Waals surface area contributed by atoms with E-state index >= 15 is 0 Å².